The van der Waals surface area contributed by atoms with E-state index in [0.29, 0.717) is 18.0 Å². The number of fused-ring (bicyclic) bond motifs is 1. The summed E-state index contributed by atoms with van der Waals surface area (Å²) in [7, 11) is 0. The third-order valence-electron chi connectivity index (χ3n) is 5.44. The van der Waals surface area contributed by atoms with Gasteiger partial charge in [0.05, 0.1) is 4.88 Å². The quantitative estimate of drug-likeness (QED) is 0.563. The Balaban J connectivity index is 1.38. The van der Waals surface area contributed by atoms with E-state index in [1.165, 1.54) is 16.9 Å². The molecule has 1 unspecified atom stereocenters. The smallest absolute Gasteiger partial charge is 0.329 e. The van der Waals surface area contributed by atoms with E-state index in [0.717, 1.165) is 17.5 Å². The first-order valence-corrected chi connectivity index (χ1v) is 11.4. The molecule has 32 heavy (non-hydrogen) atoms. The first-order valence-electron chi connectivity index (χ1n) is 10.5. The lowest BCUT2D eigenvalue weighted by Gasteiger charge is -2.29. The predicted molar refractivity (Wildman–Crippen MR) is 122 cm³/mol. The lowest BCUT2D eigenvalue weighted by atomic mass is 10.00. The molecule has 164 valence electrons. The van der Waals surface area contributed by atoms with Crippen LogP contribution in [0, 0.1) is 0 Å². The largest absolute Gasteiger partial charge is 0.454 e. The van der Waals surface area contributed by atoms with E-state index in [4.69, 9.17) is 4.74 Å². The van der Waals surface area contributed by atoms with Crippen LogP contribution in [0.15, 0.2) is 72.1 Å². The summed E-state index contributed by atoms with van der Waals surface area (Å²) in [5.74, 6) is -1.20. The zero-order chi connectivity index (χ0) is 22.3. The van der Waals surface area contributed by atoms with Crippen LogP contribution >= 0.6 is 11.3 Å². The summed E-state index contributed by atoms with van der Waals surface area (Å²) in [5, 5.41) is 4.56. The predicted octanol–water partition coefficient (Wildman–Crippen LogP) is 3.22. The number of amides is 2. The van der Waals surface area contributed by atoms with E-state index < -0.39 is 12.0 Å². The highest BCUT2D eigenvalue weighted by Gasteiger charge is 2.26. The van der Waals surface area contributed by atoms with Gasteiger partial charge in [-0.25, -0.2) is 4.79 Å². The third-order valence-corrected chi connectivity index (χ3v) is 6.31. The van der Waals surface area contributed by atoms with E-state index in [-0.39, 0.29) is 24.8 Å². The molecule has 0 spiro atoms. The van der Waals surface area contributed by atoms with Crippen molar-refractivity contribution < 1.29 is 19.1 Å². The molecular weight excluding hydrogens is 424 g/mol. The van der Waals surface area contributed by atoms with Crippen LogP contribution < -0.4 is 5.32 Å². The molecule has 0 fully saturated rings. The Morgan fingerprint density at radius 1 is 0.969 bits per heavy atom. The number of hydrogen-bond acceptors (Lipinski definition) is 5. The van der Waals surface area contributed by atoms with Crippen molar-refractivity contribution in [1.82, 2.24) is 10.2 Å². The molecule has 2 heterocycles. The highest BCUT2D eigenvalue weighted by Crippen LogP contribution is 2.18. The van der Waals surface area contributed by atoms with Crippen molar-refractivity contribution in [3.63, 3.8) is 0 Å². The maximum Gasteiger partial charge on any atom is 0.329 e. The number of benzene rings is 2. The summed E-state index contributed by atoms with van der Waals surface area (Å²) in [6.45, 7) is 0.756. The number of nitrogens with one attached hydrogen (secondary N) is 1. The molecule has 0 aliphatic carbocycles. The second-order valence-corrected chi connectivity index (χ2v) is 8.58. The Hall–Kier alpha value is -3.45. The minimum atomic E-state index is -0.887. The Morgan fingerprint density at radius 2 is 1.72 bits per heavy atom. The number of carbonyl (C=O) groups excluding carboxylic acids is 3. The number of hydrogen-bond donors (Lipinski definition) is 1. The molecule has 1 aliphatic rings. The van der Waals surface area contributed by atoms with Crippen molar-refractivity contribution in [2.45, 2.75) is 25.4 Å². The first kappa shape index (κ1) is 21.8. The van der Waals surface area contributed by atoms with Gasteiger partial charge < -0.3 is 15.0 Å². The molecule has 1 aromatic heterocycles. The van der Waals surface area contributed by atoms with Crippen LogP contribution in [0.25, 0.3) is 0 Å². The van der Waals surface area contributed by atoms with Gasteiger partial charge in [-0.1, -0.05) is 60.7 Å². The van der Waals surface area contributed by atoms with Crippen LogP contribution in [0.5, 0.6) is 0 Å². The minimum absolute atomic E-state index is 0.240. The fourth-order valence-electron chi connectivity index (χ4n) is 3.71. The van der Waals surface area contributed by atoms with Crippen LogP contribution in [-0.4, -0.2) is 41.9 Å². The van der Waals surface area contributed by atoms with E-state index in [2.05, 4.69) is 11.4 Å². The molecular formula is C25H24N2O4S. The van der Waals surface area contributed by atoms with Gasteiger partial charge in [0.25, 0.3) is 11.8 Å². The number of ether oxygens (including phenoxy) is 1. The number of thiophene rings is 1. The molecule has 0 saturated carbocycles. The van der Waals surface area contributed by atoms with Crippen molar-refractivity contribution >= 4 is 29.1 Å². The molecule has 4 rings (SSSR count). The monoisotopic (exact) mass is 448 g/mol. The molecule has 1 N–H and O–H groups in total. The Morgan fingerprint density at radius 3 is 2.47 bits per heavy atom. The summed E-state index contributed by atoms with van der Waals surface area (Å²) in [5.41, 5.74) is 3.25. The molecule has 0 radical (unpaired) electrons. The number of rotatable bonds is 7. The average molecular weight is 449 g/mol. The van der Waals surface area contributed by atoms with Crippen LogP contribution in [0.1, 0.15) is 26.4 Å². The van der Waals surface area contributed by atoms with Gasteiger partial charge in [0, 0.05) is 19.5 Å². The second-order valence-electron chi connectivity index (χ2n) is 7.63. The van der Waals surface area contributed by atoms with Gasteiger partial charge in [-0.2, -0.15) is 0 Å². The van der Waals surface area contributed by atoms with E-state index >= 15 is 0 Å². The van der Waals surface area contributed by atoms with Gasteiger partial charge >= 0.3 is 5.97 Å². The van der Waals surface area contributed by atoms with E-state index in [1.54, 1.807) is 22.4 Å². The topological polar surface area (TPSA) is 75.7 Å². The highest BCUT2D eigenvalue weighted by atomic mass is 32.1. The zero-order valence-electron chi connectivity index (χ0n) is 17.5. The standard InChI is InChI=1S/C25H24N2O4S/c28-23(27-13-12-19-9-4-5-10-20(19)16-27)17-31-25(30)21(15-18-7-2-1-3-8-18)26-24(29)22-11-6-14-32-22/h1-11,14,21H,12-13,15-17H2,(H,26,29). The van der Waals surface area contributed by atoms with Crippen LogP contribution in [0.3, 0.4) is 0 Å². The Labute approximate surface area is 190 Å². The lowest BCUT2D eigenvalue weighted by molar-refractivity contribution is -0.154. The fourth-order valence-corrected chi connectivity index (χ4v) is 4.34. The molecule has 1 aliphatic heterocycles. The third kappa shape index (κ3) is 5.42. The second kappa shape index (κ2) is 10.2. The molecule has 7 heteroatoms. The van der Waals surface area contributed by atoms with E-state index in [9.17, 15) is 14.4 Å². The summed E-state index contributed by atoms with van der Waals surface area (Å²) in [4.78, 5) is 40.2. The summed E-state index contributed by atoms with van der Waals surface area (Å²) in [6, 6.07) is 20.0. The highest BCUT2D eigenvalue weighted by molar-refractivity contribution is 7.12. The van der Waals surface area contributed by atoms with Gasteiger partial charge in [0.2, 0.25) is 0 Å². The van der Waals surface area contributed by atoms with Gasteiger partial charge in [0.1, 0.15) is 6.04 Å². The van der Waals surface area contributed by atoms with Crippen LogP contribution in [-0.2, 0) is 33.7 Å². The average Bonchev–Trinajstić information content (AvgIpc) is 3.37. The molecule has 0 saturated heterocycles. The minimum Gasteiger partial charge on any atom is -0.454 e. The summed E-state index contributed by atoms with van der Waals surface area (Å²) < 4.78 is 5.36. The maximum absolute atomic E-state index is 12.8. The van der Waals surface area contributed by atoms with E-state index in [1.807, 2.05) is 48.5 Å². The molecule has 0 bridgehead atoms. The summed E-state index contributed by atoms with van der Waals surface area (Å²) >= 11 is 1.30. The van der Waals surface area contributed by atoms with Gasteiger partial charge in [-0.15, -0.1) is 11.3 Å². The molecule has 2 aromatic carbocycles. The van der Waals surface area contributed by atoms with Gasteiger partial charge in [-0.05, 0) is 34.6 Å². The Bertz CT molecular complexity index is 1080. The first-order chi connectivity index (χ1) is 15.6. The van der Waals surface area contributed by atoms with Crippen molar-refractivity contribution in [3.8, 4) is 0 Å². The van der Waals surface area contributed by atoms with Crippen LogP contribution in [0.2, 0.25) is 0 Å². The van der Waals surface area contributed by atoms with Crippen molar-refractivity contribution in [2.75, 3.05) is 13.2 Å². The normalized spacial score (nSPS) is 13.7. The number of carbonyl (C=O) groups is 3. The Kier molecular flexibility index (Phi) is 6.97. The van der Waals surface area contributed by atoms with Crippen LogP contribution in [0.4, 0.5) is 0 Å². The SMILES string of the molecule is O=C(NC(Cc1ccccc1)C(=O)OCC(=O)N1CCc2ccccc2C1)c1cccs1. The number of esters is 1. The van der Waals surface area contributed by atoms with Crippen molar-refractivity contribution in [3.05, 3.63) is 93.7 Å². The van der Waals surface area contributed by atoms with Gasteiger partial charge in [0.15, 0.2) is 6.61 Å². The lowest BCUT2D eigenvalue weighted by Crippen LogP contribution is -2.45. The molecule has 3 aromatic rings. The fraction of sp³-hybridized carbons (Fsp3) is 0.240. The van der Waals surface area contributed by atoms with Gasteiger partial charge in [-0.3, -0.25) is 9.59 Å². The zero-order valence-corrected chi connectivity index (χ0v) is 18.3. The van der Waals surface area contributed by atoms with Crippen molar-refractivity contribution in [2.24, 2.45) is 0 Å². The maximum atomic E-state index is 12.8. The molecule has 2 amide bonds. The summed E-state index contributed by atoms with van der Waals surface area (Å²) in [6.07, 6.45) is 1.06. The number of nitrogens with zero attached hydrogens (tertiary/aromatic N) is 1. The van der Waals surface area contributed by atoms with Crippen molar-refractivity contribution in [1.29, 1.82) is 0 Å². The molecule has 1 atom stereocenters. The molecule has 6 nitrogen and oxygen atoms in total.